The predicted octanol–water partition coefficient (Wildman–Crippen LogP) is 1.30. The number of esters is 1. The van der Waals surface area contributed by atoms with Gasteiger partial charge in [0.15, 0.2) is 6.61 Å². The van der Waals surface area contributed by atoms with E-state index >= 15 is 0 Å². The maximum absolute atomic E-state index is 11.9. The number of hydrogen-bond donors (Lipinski definition) is 2. The van der Waals surface area contributed by atoms with Crippen LogP contribution in [0.25, 0.3) is 0 Å². The van der Waals surface area contributed by atoms with Gasteiger partial charge in [0.05, 0.1) is 12.6 Å². The van der Waals surface area contributed by atoms with Crippen molar-refractivity contribution in [2.45, 2.75) is 25.8 Å². The number of nitrogens with one attached hydrogen (secondary N) is 1. The first kappa shape index (κ1) is 16.0. The lowest BCUT2D eigenvalue weighted by Gasteiger charge is -2.21. The highest BCUT2D eigenvalue weighted by molar-refractivity contribution is 5.97. The fourth-order valence-electron chi connectivity index (χ4n) is 1.27. The molecule has 0 aliphatic rings. The van der Waals surface area contributed by atoms with Crippen LogP contribution in [0.4, 0.5) is 5.69 Å². The average Bonchev–Trinajstić information content (AvgIpc) is 2.46. The van der Waals surface area contributed by atoms with E-state index in [4.69, 9.17) is 10.5 Å². The Morgan fingerprint density at radius 1 is 1.30 bits per heavy atom. The van der Waals surface area contributed by atoms with Crippen molar-refractivity contribution in [2.24, 2.45) is 5.73 Å². The molecule has 0 radical (unpaired) electrons. The molecule has 0 saturated heterocycles. The molecule has 0 saturated carbocycles. The van der Waals surface area contributed by atoms with Gasteiger partial charge in [0, 0.05) is 5.69 Å². The predicted molar refractivity (Wildman–Crippen MR) is 75.5 cm³/mol. The number of benzene rings is 1. The van der Waals surface area contributed by atoms with Gasteiger partial charge in [-0.2, -0.15) is 0 Å². The lowest BCUT2D eigenvalue weighted by Crippen LogP contribution is -2.47. The minimum Gasteiger partial charge on any atom is -0.482 e. The van der Waals surface area contributed by atoms with E-state index in [1.807, 2.05) is 6.92 Å². The van der Waals surface area contributed by atoms with Crippen LogP contribution < -0.4 is 15.8 Å². The van der Waals surface area contributed by atoms with E-state index < -0.39 is 11.5 Å². The van der Waals surface area contributed by atoms with Gasteiger partial charge in [0.2, 0.25) is 5.91 Å². The lowest BCUT2D eigenvalue weighted by atomic mass is 9.99. The summed E-state index contributed by atoms with van der Waals surface area (Å²) in [6.07, 6.45) is 0.541. The van der Waals surface area contributed by atoms with Crippen LogP contribution in [0.5, 0.6) is 5.75 Å². The Labute approximate surface area is 118 Å². The number of nitrogens with two attached hydrogens (primary N) is 1. The minimum atomic E-state index is -0.903. The largest absolute Gasteiger partial charge is 0.482 e. The Bertz CT molecular complexity index is 469. The second-order valence-electron chi connectivity index (χ2n) is 4.61. The highest BCUT2D eigenvalue weighted by atomic mass is 16.6. The molecular weight excluding hydrogens is 260 g/mol. The van der Waals surface area contributed by atoms with Crippen LogP contribution in [0.3, 0.4) is 0 Å². The van der Waals surface area contributed by atoms with E-state index in [1.54, 1.807) is 31.2 Å². The van der Waals surface area contributed by atoms with E-state index in [1.165, 1.54) is 7.11 Å². The van der Waals surface area contributed by atoms with Gasteiger partial charge in [-0.1, -0.05) is 6.92 Å². The normalized spacial score (nSPS) is 13.2. The van der Waals surface area contributed by atoms with Crippen molar-refractivity contribution in [3.05, 3.63) is 24.3 Å². The minimum absolute atomic E-state index is 0.154. The maximum Gasteiger partial charge on any atom is 0.343 e. The molecule has 1 amide bonds. The van der Waals surface area contributed by atoms with Crippen LogP contribution in [0, 0.1) is 0 Å². The Hall–Kier alpha value is -2.08. The summed E-state index contributed by atoms with van der Waals surface area (Å²) in [5.74, 6) is -0.188. The van der Waals surface area contributed by atoms with Crippen molar-refractivity contribution in [1.82, 2.24) is 0 Å². The third kappa shape index (κ3) is 4.55. The van der Waals surface area contributed by atoms with E-state index in [9.17, 15) is 9.59 Å². The zero-order valence-corrected chi connectivity index (χ0v) is 11.9. The first-order valence-corrected chi connectivity index (χ1v) is 6.29. The fourth-order valence-corrected chi connectivity index (χ4v) is 1.27. The van der Waals surface area contributed by atoms with Gasteiger partial charge in [-0.15, -0.1) is 0 Å². The molecule has 0 aromatic heterocycles. The summed E-state index contributed by atoms with van der Waals surface area (Å²) in [5, 5.41) is 2.73. The Morgan fingerprint density at radius 2 is 1.90 bits per heavy atom. The average molecular weight is 280 g/mol. The third-order valence-electron chi connectivity index (χ3n) is 2.95. The molecular formula is C14H20N2O4. The van der Waals surface area contributed by atoms with Crippen LogP contribution in [0.1, 0.15) is 20.3 Å². The molecule has 3 N–H and O–H groups in total. The van der Waals surface area contributed by atoms with Gasteiger partial charge in [0.1, 0.15) is 5.75 Å². The number of ether oxygens (including phenoxy) is 2. The quantitative estimate of drug-likeness (QED) is 0.767. The Morgan fingerprint density at radius 3 is 2.40 bits per heavy atom. The second kappa shape index (κ2) is 6.91. The van der Waals surface area contributed by atoms with Crippen LogP contribution in [0.2, 0.25) is 0 Å². The van der Waals surface area contributed by atoms with Crippen molar-refractivity contribution in [3.63, 3.8) is 0 Å². The molecule has 1 rings (SSSR count). The molecule has 20 heavy (non-hydrogen) atoms. The van der Waals surface area contributed by atoms with Gasteiger partial charge in [0.25, 0.3) is 0 Å². The zero-order valence-electron chi connectivity index (χ0n) is 11.9. The second-order valence-corrected chi connectivity index (χ2v) is 4.61. The SMILES string of the molecule is CCC(C)(N)C(=O)Nc1ccc(OCC(=O)OC)cc1. The molecule has 1 aromatic carbocycles. The third-order valence-corrected chi connectivity index (χ3v) is 2.95. The van der Waals surface area contributed by atoms with Gasteiger partial charge >= 0.3 is 5.97 Å². The summed E-state index contributed by atoms with van der Waals surface area (Å²) in [6.45, 7) is 3.37. The van der Waals surface area contributed by atoms with Crippen LogP contribution in [-0.2, 0) is 14.3 Å². The maximum atomic E-state index is 11.9. The van der Waals surface area contributed by atoms with Crippen molar-refractivity contribution < 1.29 is 19.1 Å². The van der Waals surface area contributed by atoms with E-state index in [0.29, 0.717) is 17.9 Å². The summed E-state index contributed by atoms with van der Waals surface area (Å²) >= 11 is 0. The zero-order chi connectivity index (χ0) is 15.2. The molecule has 0 aliphatic carbocycles. The molecule has 0 heterocycles. The van der Waals surface area contributed by atoms with Gasteiger partial charge < -0.3 is 20.5 Å². The molecule has 110 valence electrons. The number of carbonyl (C=O) groups is 2. The summed E-state index contributed by atoms with van der Waals surface area (Å²) in [5.41, 5.74) is 5.56. The fraction of sp³-hybridized carbons (Fsp3) is 0.429. The highest BCUT2D eigenvalue weighted by Crippen LogP contribution is 2.17. The van der Waals surface area contributed by atoms with Crippen molar-refractivity contribution in [2.75, 3.05) is 19.0 Å². The van der Waals surface area contributed by atoms with Crippen LogP contribution >= 0.6 is 0 Å². The summed E-state index contributed by atoms with van der Waals surface area (Å²) in [7, 11) is 1.29. The van der Waals surface area contributed by atoms with Crippen molar-refractivity contribution >= 4 is 17.6 Å². The summed E-state index contributed by atoms with van der Waals surface area (Å²) in [6, 6.07) is 6.66. The molecule has 0 spiro atoms. The first-order valence-electron chi connectivity index (χ1n) is 6.29. The smallest absolute Gasteiger partial charge is 0.343 e. The van der Waals surface area contributed by atoms with Gasteiger partial charge in [-0.3, -0.25) is 4.79 Å². The molecule has 0 bridgehead atoms. The Balaban J connectivity index is 2.59. The molecule has 0 aliphatic heterocycles. The van der Waals surface area contributed by atoms with Crippen molar-refractivity contribution in [3.8, 4) is 5.75 Å². The lowest BCUT2D eigenvalue weighted by molar-refractivity contribution is -0.142. The highest BCUT2D eigenvalue weighted by Gasteiger charge is 2.25. The molecule has 6 heteroatoms. The number of hydrogen-bond acceptors (Lipinski definition) is 5. The molecule has 6 nitrogen and oxygen atoms in total. The molecule has 0 fully saturated rings. The number of carbonyl (C=O) groups excluding carboxylic acids is 2. The molecule has 1 unspecified atom stereocenters. The monoisotopic (exact) mass is 280 g/mol. The van der Waals surface area contributed by atoms with E-state index in [-0.39, 0.29) is 12.5 Å². The summed E-state index contributed by atoms with van der Waals surface area (Å²) < 4.78 is 9.66. The topological polar surface area (TPSA) is 90.7 Å². The van der Waals surface area contributed by atoms with Crippen molar-refractivity contribution in [1.29, 1.82) is 0 Å². The number of anilines is 1. The standard InChI is InChI=1S/C14H20N2O4/c1-4-14(2,15)13(18)16-10-5-7-11(8-6-10)20-9-12(17)19-3/h5-8H,4,9,15H2,1-3H3,(H,16,18). The first-order chi connectivity index (χ1) is 9.39. The van der Waals surface area contributed by atoms with E-state index in [0.717, 1.165) is 0 Å². The Kier molecular flexibility index (Phi) is 5.52. The van der Waals surface area contributed by atoms with E-state index in [2.05, 4.69) is 10.1 Å². The van der Waals surface area contributed by atoms with Gasteiger partial charge in [-0.05, 0) is 37.6 Å². The number of amides is 1. The van der Waals surface area contributed by atoms with Gasteiger partial charge in [-0.25, -0.2) is 4.79 Å². The number of methoxy groups -OCH3 is 1. The molecule has 1 atom stereocenters. The summed E-state index contributed by atoms with van der Waals surface area (Å²) in [4.78, 5) is 22.8. The van der Waals surface area contributed by atoms with Crippen LogP contribution in [-0.4, -0.2) is 31.1 Å². The number of rotatable bonds is 6. The molecule has 1 aromatic rings. The van der Waals surface area contributed by atoms with Crippen LogP contribution in [0.15, 0.2) is 24.3 Å².